The van der Waals surface area contributed by atoms with Gasteiger partial charge in [0.1, 0.15) is 5.75 Å². The van der Waals surface area contributed by atoms with E-state index in [1.807, 2.05) is 0 Å². The van der Waals surface area contributed by atoms with Crippen LogP contribution in [0.1, 0.15) is 24.9 Å². The molecule has 3 nitrogen and oxygen atoms in total. The molecule has 0 unspecified atom stereocenters. The second kappa shape index (κ2) is 5.77. The maximum Gasteiger partial charge on any atom is 0.387 e. The molecular formula is C11H15F2NO2. The Kier molecular flexibility index (Phi) is 4.64. The molecule has 0 saturated carbocycles. The molecule has 0 bridgehead atoms. The number of halogens is 2. The highest BCUT2D eigenvalue weighted by atomic mass is 19.3. The maximum absolute atomic E-state index is 12.1. The lowest BCUT2D eigenvalue weighted by Gasteiger charge is -2.20. The largest absolute Gasteiger partial charge is 0.434 e. The summed E-state index contributed by atoms with van der Waals surface area (Å²) in [4.78, 5) is 0. The monoisotopic (exact) mass is 231 g/mol. The molecule has 0 amide bonds. The van der Waals surface area contributed by atoms with Crippen molar-refractivity contribution < 1.29 is 18.6 Å². The maximum atomic E-state index is 12.1. The van der Waals surface area contributed by atoms with E-state index in [-0.39, 0.29) is 5.75 Å². The number of rotatable bonds is 5. The summed E-state index contributed by atoms with van der Waals surface area (Å²) in [5, 5.41) is 9.57. The molecule has 0 aliphatic rings. The molecule has 0 heterocycles. The fraction of sp³-hybridized carbons (Fsp3) is 0.455. The summed E-state index contributed by atoms with van der Waals surface area (Å²) in [7, 11) is 0. The van der Waals surface area contributed by atoms with E-state index >= 15 is 0 Å². The van der Waals surface area contributed by atoms with Crippen molar-refractivity contribution in [2.45, 2.75) is 32.1 Å². The Bertz CT molecular complexity index is 334. The minimum absolute atomic E-state index is 0.0116. The number of nitrogens with two attached hydrogens (primary N) is 1. The predicted octanol–water partition coefficient (Wildman–Crippen LogP) is 2.06. The Balaban J connectivity index is 2.93. The van der Waals surface area contributed by atoms with Gasteiger partial charge in [0, 0.05) is 5.56 Å². The van der Waals surface area contributed by atoms with Crippen LogP contribution in [0.4, 0.5) is 8.78 Å². The van der Waals surface area contributed by atoms with E-state index in [0.717, 1.165) is 0 Å². The molecule has 0 aromatic heterocycles. The van der Waals surface area contributed by atoms with Gasteiger partial charge in [0.25, 0.3) is 0 Å². The van der Waals surface area contributed by atoms with Gasteiger partial charge in [-0.3, -0.25) is 0 Å². The first kappa shape index (κ1) is 12.9. The van der Waals surface area contributed by atoms with Gasteiger partial charge < -0.3 is 15.6 Å². The molecule has 5 heteroatoms. The van der Waals surface area contributed by atoms with Gasteiger partial charge in [-0.2, -0.15) is 8.78 Å². The second-order valence-electron chi connectivity index (χ2n) is 3.42. The summed E-state index contributed by atoms with van der Waals surface area (Å²) >= 11 is 0. The zero-order valence-corrected chi connectivity index (χ0v) is 8.94. The Morgan fingerprint density at radius 3 is 2.56 bits per heavy atom. The Morgan fingerprint density at radius 2 is 2.00 bits per heavy atom. The fourth-order valence-corrected chi connectivity index (χ4v) is 1.42. The lowest BCUT2D eigenvalue weighted by Crippen LogP contribution is -2.26. The molecule has 0 saturated heterocycles. The zero-order valence-electron chi connectivity index (χ0n) is 8.94. The number of alkyl halides is 2. The third-order valence-electron chi connectivity index (χ3n) is 2.33. The lowest BCUT2D eigenvalue weighted by atomic mass is 10.00. The van der Waals surface area contributed by atoms with Crippen LogP contribution in [-0.4, -0.2) is 17.8 Å². The van der Waals surface area contributed by atoms with Crippen LogP contribution in [0.2, 0.25) is 0 Å². The summed E-state index contributed by atoms with van der Waals surface area (Å²) in [5.74, 6) is 0.0116. The van der Waals surface area contributed by atoms with Gasteiger partial charge in [-0.05, 0) is 12.5 Å². The van der Waals surface area contributed by atoms with E-state index < -0.39 is 18.8 Å². The number of ether oxygens (including phenoxy) is 1. The van der Waals surface area contributed by atoms with E-state index in [2.05, 4.69) is 4.74 Å². The molecule has 1 rings (SSSR count). The first-order chi connectivity index (χ1) is 7.56. The highest BCUT2D eigenvalue weighted by Gasteiger charge is 2.20. The molecule has 1 aromatic rings. The molecule has 0 aliphatic heterocycles. The normalized spacial score (nSPS) is 14.9. The van der Waals surface area contributed by atoms with Crippen LogP contribution in [-0.2, 0) is 0 Å². The molecule has 1 aromatic carbocycles. The molecule has 2 atom stereocenters. The standard InChI is InChI=1S/C11H15F2NO2/c1-2-8(15)10(14)7-5-3-4-6-9(7)16-11(12)13/h3-6,8,10-11,15H,2,14H2,1H3/t8-,10+/m1/s1. The van der Waals surface area contributed by atoms with Crippen LogP contribution < -0.4 is 10.5 Å². The highest BCUT2D eigenvalue weighted by molar-refractivity contribution is 5.36. The van der Waals surface area contributed by atoms with E-state index in [9.17, 15) is 13.9 Å². The van der Waals surface area contributed by atoms with Gasteiger partial charge in [0.05, 0.1) is 12.1 Å². The average molecular weight is 231 g/mol. The summed E-state index contributed by atoms with van der Waals surface area (Å²) in [6.45, 7) is -1.13. The third-order valence-corrected chi connectivity index (χ3v) is 2.33. The number of hydrogen-bond acceptors (Lipinski definition) is 3. The van der Waals surface area contributed by atoms with Gasteiger partial charge >= 0.3 is 6.61 Å². The summed E-state index contributed by atoms with van der Waals surface area (Å²) in [6.07, 6.45) is -0.327. The minimum Gasteiger partial charge on any atom is -0.434 e. The smallest absolute Gasteiger partial charge is 0.387 e. The quantitative estimate of drug-likeness (QED) is 0.815. The van der Waals surface area contributed by atoms with Crippen molar-refractivity contribution in [2.75, 3.05) is 0 Å². The van der Waals surface area contributed by atoms with Crippen molar-refractivity contribution in [3.8, 4) is 5.75 Å². The van der Waals surface area contributed by atoms with Gasteiger partial charge in [-0.25, -0.2) is 0 Å². The first-order valence-electron chi connectivity index (χ1n) is 5.03. The molecule has 0 aliphatic carbocycles. The summed E-state index contributed by atoms with van der Waals surface area (Å²) in [6, 6.07) is 5.49. The Labute approximate surface area is 92.8 Å². The van der Waals surface area contributed by atoms with Crippen molar-refractivity contribution in [3.05, 3.63) is 29.8 Å². The summed E-state index contributed by atoms with van der Waals surface area (Å²) in [5.41, 5.74) is 6.14. The van der Waals surface area contributed by atoms with E-state index in [1.54, 1.807) is 25.1 Å². The van der Waals surface area contributed by atoms with Crippen LogP contribution in [0.15, 0.2) is 24.3 Å². The van der Waals surface area contributed by atoms with Crippen LogP contribution in [0, 0.1) is 0 Å². The average Bonchev–Trinajstić information content (AvgIpc) is 2.27. The second-order valence-corrected chi connectivity index (χ2v) is 3.42. The number of hydrogen-bond donors (Lipinski definition) is 2. The Morgan fingerprint density at radius 1 is 1.38 bits per heavy atom. The highest BCUT2D eigenvalue weighted by Crippen LogP contribution is 2.27. The van der Waals surface area contributed by atoms with Gasteiger partial charge in [0.2, 0.25) is 0 Å². The van der Waals surface area contributed by atoms with Gasteiger partial charge in [0.15, 0.2) is 0 Å². The van der Waals surface area contributed by atoms with Crippen LogP contribution in [0.25, 0.3) is 0 Å². The van der Waals surface area contributed by atoms with Crippen molar-refractivity contribution in [1.29, 1.82) is 0 Å². The van der Waals surface area contributed by atoms with E-state index in [1.165, 1.54) is 6.07 Å². The SMILES string of the molecule is CC[C@@H](O)[C@@H](N)c1ccccc1OC(F)F. The van der Waals surface area contributed by atoms with Crippen molar-refractivity contribution >= 4 is 0 Å². The lowest BCUT2D eigenvalue weighted by molar-refractivity contribution is -0.0510. The number of aliphatic hydroxyl groups is 1. The number of para-hydroxylation sites is 1. The molecule has 0 spiro atoms. The number of benzene rings is 1. The zero-order chi connectivity index (χ0) is 12.1. The van der Waals surface area contributed by atoms with Crippen LogP contribution in [0.3, 0.4) is 0 Å². The molecule has 0 fully saturated rings. The van der Waals surface area contributed by atoms with E-state index in [0.29, 0.717) is 12.0 Å². The van der Waals surface area contributed by atoms with Crippen LogP contribution >= 0.6 is 0 Å². The van der Waals surface area contributed by atoms with Crippen LogP contribution in [0.5, 0.6) is 5.75 Å². The molecular weight excluding hydrogens is 216 g/mol. The van der Waals surface area contributed by atoms with Crippen molar-refractivity contribution in [2.24, 2.45) is 5.73 Å². The Hall–Kier alpha value is -1.20. The van der Waals surface area contributed by atoms with Crippen molar-refractivity contribution in [3.63, 3.8) is 0 Å². The molecule has 90 valence electrons. The summed E-state index contributed by atoms with van der Waals surface area (Å²) < 4.78 is 28.6. The first-order valence-corrected chi connectivity index (χ1v) is 5.03. The number of aliphatic hydroxyl groups excluding tert-OH is 1. The molecule has 16 heavy (non-hydrogen) atoms. The van der Waals surface area contributed by atoms with Gasteiger partial charge in [-0.1, -0.05) is 25.1 Å². The fourth-order valence-electron chi connectivity index (χ4n) is 1.42. The predicted molar refractivity (Wildman–Crippen MR) is 56.3 cm³/mol. The third kappa shape index (κ3) is 3.15. The topological polar surface area (TPSA) is 55.5 Å². The molecule has 0 radical (unpaired) electrons. The van der Waals surface area contributed by atoms with E-state index in [4.69, 9.17) is 5.73 Å². The van der Waals surface area contributed by atoms with Gasteiger partial charge in [-0.15, -0.1) is 0 Å². The molecule has 3 N–H and O–H groups in total. The minimum atomic E-state index is -2.90. The van der Waals surface area contributed by atoms with Crippen molar-refractivity contribution in [1.82, 2.24) is 0 Å².